The van der Waals surface area contributed by atoms with Gasteiger partial charge in [-0.2, -0.15) is 0 Å². The molecule has 0 atom stereocenters. The molecule has 2 aromatic rings. The first kappa shape index (κ1) is 14.5. The molecule has 3 nitrogen and oxygen atoms in total. The number of nitrogens with one attached hydrogen (secondary N) is 1. The number of hydrogen-bond donors (Lipinski definition) is 2. The number of aromatic hydroxyl groups is 1. The molecule has 104 valence electrons. The summed E-state index contributed by atoms with van der Waals surface area (Å²) in [5.74, 6) is -2.55. The number of hydrogen-bond acceptors (Lipinski definition) is 2. The molecule has 0 bridgehead atoms. The number of rotatable bonds is 2. The summed E-state index contributed by atoms with van der Waals surface area (Å²) >= 11 is 2.91. The van der Waals surface area contributed by atoms with Crippen molar-refractivity contribution in [2.75, 3.05) is 5.32 Å². The van der Waals surface area contributed by atoms with Gasteiger partial charge < -0.3 is 10.4 Å². The molecule has 0 aliphatic rings. The van der Waals surface area contributed by atoms with Gasteiger partial charge >= 0.3 is 0 Å². The minimum absolute atomic E-state index is 0.0184. The van der Waals surface area contributed by atoms with Gasteiger partial charge in [0.15, 0.2) is 0 Å². The number of phenols is 1. The monoisotopic (exact) mass is 341 g/mol. The molecule has 0 radical (unpaired) electrons. The van der Waals surface area contributed by atoms with E-state index in [1.54, 1.807) is 13.0 Å². The van der Waals surface area contributed by atoms with E-state index in [9.17, 15) is 18.7 Å². The first-order valence-electron chi connectivity index (χ1n) is 5.64. The first-order chi connectivity index (χ1) is 9.38. The Labute approximate surface area is 122 Å². The topological polar surface area (TPSA) is 49.3 Å². The third-order valence-electron chi connectivity index (χ3n) is 2.65. The minimum Gasteiger partial charge on any atom is -0.507 e. The van der Waals surface area contributed by atoms with Crippen LogP contribution in [0, 0.1) is 18.6 Å². The molecule has 0 fully saturated rings. The molecule has 0 aromatic heterocycles. The van der Waals surface area contributed by atoms with Crippen molar-refractivity contribution in [1.82, 2.24) is 0 Å². The fraction of sp³-hybridized carbons (Fsp3) is 0.0714. The summed E-state index contributed by atoms with van der Waals surface area (Å²) in [6, 6.07) is 6.27. The summed E-state index contributed by atoms with van der Waals surface area (Å²) in [6.45, 7) is 1.76. The summed E-state index contributed by atoms with van der Waals surface area (Å²) in [5.41, 5.74) is 0.614. The lowest BCUT2D eigenvalue weighted by molar-refractivity contribution is 0.102. The molecule has 0 saturated heterocycles. The van der Waals surface area contributed by atoms with E-state index < -0.39 is 17.5 Å². The van der Waals surface area contributed by atoms with Gasteiger partial charge in [0.25, 0.3) is 5.91 Å². The van der Waals surface area contributed by atoms with Crippen LogP contribution in [0.4, 0.5) is 14.5 Å². The van der Waals surface area contributed by atoms with E-state index in [1.165, 1.54) is 12.1 Å². The van der Waals surface area contributed by atoms with Gasteiger partial charge in [-0.1, -0.05) is 11.6 Å². The normalized spacial score (nSPS) is 10.4. The zero-order valence-electron chi connectivity index (χ0n) is 10.4. The van der Waals surface area contributed by atoms with Crippen LogP contribution in [0.15, 0.2) is 34.8 Å². The maximum atomic E-state index is 13.5. The number of amides is 1. The first-order valence-corrected chi connectivity index (χ1v) is 6.43. The number of halogens is 3. The molecule has 0 spiro atoms. The smallest absolute Gasteiger partial charge is 0.259 e. The fourth-order valence-corrected chi connectivity index (χ4v) is 1.98. The Bertz CT molecular complexity index is 689. The second-order valence-electron chi connectivity index (χ2n) is 4.22. The van der Waals surface area contributed by atoms with E-state index in [0.717, 1.165) is 11.6 Å². The van der Waals surface area contributed by atoms with Gasteiger partial charge in [-0.05, 0) is 41.1 Å². The van der Waals surface area contributed by atoms with Crippen LogP contribution in [0.3, 0.4) is 0 Å². The van der Waals surface area contributed by atoms with Gasteiger partial charge in [-0.15, -0.1) is 0 Å². The Morgan fingerprint density at radius 1 is 1.20 bits per heavy atom. The van der Waals surface area contributed by atoms with Gasteiger partial charge in [-0.3, -0.25) is 4.79 Å². The average molecular weight is 342 g/mol. The number of benzene rings is 2. The quantitative estimate of drug-likeness (QED) is 0.811. The van der Waals surface area contributed by atoms with Crippen molar-refractivity contribution in [2.45, 2.75) is 6.92 Å². The molecule has 0 saturated carbocycles. The van der Waals surface area contributed by atoms with E-state index in [4.69, 9.17) is 0 Å². The van der Waals surface area contributed by atoms with Gasteiger partial charge in [-0.25, -0.2) is 8.78 Å². The molecule has 0 unspecified atom stereocenters. The summed E-state index contributed by atoms with van der Waals surface area (Å²) in [4.78, 5) is 12.0. The van der Waals surface area contributed by atoms with Crippen LogP contribution < -0.4 is 5.32 Å². The van der Waals surface area contributed by atoms with Crippen molar-refractivity contribution < 1.29 is 18.7 Å². The summed E-state index contributed by atoms with van der Waals surface area (Å²) < 4.78 is 26.7. The second-order valence-corrected chi connectivity index (χ2v) is 5.08. The van der Waals surface area contributed by atoms with Crippen LogP contribution in [-0.4, -0.2) is 11.0 Å². The predicted molar refractivity (Wildman–Crippen MR) is 74.9 cm³/mol. The largest absolute Gasteiger partial charge is 0.507 e. The zero-order chi connectivity index (χ0) is 14.9. The molecule has 2 aromatic carbocycles. The molecule has 1 amide bonds. The molecule has 2 N–H and O–H groups in total. The molecular weight excluding hydrogens is 332 g/mol. The SMILES string of the molecule is Cc1ccc(O)c(C(=O)Nc2cc(Br)c(F)cc2F)c1. The average Bonchev–Trinajstić information content (AvgIpc) is 2.38. The summed E-state index contributed by atoms with van der Waals surface area (Å²) in [7, 11) is 0. The highest BCUT2D eigenvalue weighted by molar-refractivity contribution is 9.10. The minimum atomic E-state index is -0.897. The predicted octanol–water partition coefficient (Wildman–Crippen LogP) is 3.99. The fourth-order valence-electron chi connectivity index (χ4n) is 1.64. The van der Waals surface area contributed by atoms with Gasteiger partial charge in [0.1, 0.15) is 17.4 Å². The highest BCUT2D eigenvalue weighted by Gasteiger charge is 2.15. The van der Waals surface area contributed by atoms with E-state index in [0.29, 0.717) is 6.07 Å². The molecule has 0 aliphatic heterocycles. The Balaban J connectivity index is 2.32. The second kappa shape index (κ2) is 5.58. The summed E-state index contributed by atoms with van der Waals surface area (Å²) in [5, 5.41) is 11.9. The molecule has 0 heterocycles. The molecule has 0 aliphatic carbocycles. The highest BCUT2D eigenvalue weighted by Crippen LogP contribution is 2.25. The van der Waals surface area contributed by atoms with Crippen LogP contribution >= 0.6 is 15.9 Å². The van der Waals surface area contributed by atoms with E-state index in [1.807, 2.05) is 0 Å². The summed E-state index contributed by atoms with van der Waals surface area (Å²) in [6.07, 6.45) is 0. The maximum Gasteiger partial charge on any atom is 0.259 e. The lowest BCUT2D eigenvalue weighted by atomic mass is 10.1. The van der Waals surface area contributed by atoms with Gasteiger partial charge in [0.05, 0.1) is 15.7 Å². The number of anilines is 1. The van der Waals surface area contributed by atoms with Crippen molar-refractivity contribution in [2.24, 2.45) is 0 Å². The number of phenolic OH excluding ortho intramolecular Hbond substituents is 1. The third-order valence-corrected chi connectivity index (χ3v) is 3.26. The Kier molecular flexibility index (Phi) is 4.04. The number of carbonyl (C=O) groups is 1. The van der Waals surface area contributed by atoms with Gasteiger partial charge in [0, 0.05) is 6.07 Å². The molecular formula is C14H10BrF2NO2. The maximum absolute atomic E-state index is 13.5. The van der Waals surface area contributed by atoms with E-state index >= 15 is 0 Å². The zero-order valence-corrected chi connectivity index (χ0v) is 12.0. The molecule has 20 heavy (non-hydrogen) atoms. The Morgan fingerprint density at radius 3 is 2.60 bits per heavy atom. The van der Waals surface area contributed by atoms with Crippen molar-refractivity contribution >= 4 is 27.5 Å². The third kappa shape index (κ3) is 2.96. The Morgan fingerprint density at radius 2 is 1.90 bits per heavy atom. The lowest BCUT2D eigenvalue weighted by Gasteiger charge is -2.09. The van der Waals surface area contributed by atoms with Crippen LogP contribution in [-0.2, 0) is 0 Å². The molecule has 2 rings (SSSR count). The van der Waals surface area contributed by atoms with Crippen molar-refractivity contribution in [3.63, 3.8) is 0 Å². The van der Waals surface area contributed by atoms with Crippen molar-refractivity contribution in [3.05, 3.63) is 57.6 Å². The Hall–Kier alpha value is -1.95. The van der Waals surface area contributed by atoms with E-state index in [-0.39, 0.29) is 21.5 Å². The van der Waals surface area contributed by atoms with Crippen LogP contribution in [0.2, 0.25) is 0 Å². The standard InChI is InChI=1S/C14H10BrF2NO2/c1-7-2-3-13(19)8(4-7)14(20)18-12-5-9(15)10(16)6-11(12)17/h2-6,19H,1H3,(H,18,20). The lowest BCUT2D eigenvalue weighted by Crippen LogP contribution is -2.13. The highest BCUT2D eigenvalue weighted by atomic mass is 79.9. The molecule has 6 heteroatoms. The van der Waals surface area contributed by atoms with Crippen molar-refractivity contribution in [3.8, 4) is 5.75 Å². The van der Waals surface area contributed by atoms with Gasteiger partial charge in [0.2, 0.25) is 0 Å². The van der Waals surface area contributed by atoms with Crippen LogP contribution in [0.25, 0.3) is 0 Å². The van der Waals surface area contributed by atoms with Crippen LogP contribution in [0.5, 0.6) is 5.75 Å². The van der Waals surface area contributed by atoms with Crippen molar-refractivity contribution in [1.29, 1.82) is 0 Å². The van der Waals surface area contributed by atoms with Crippen LogP contribution in [0.1, 0.15) is 15.9 Å². The number of aryl methyl sites for hydroxylation is 1. The number of carbonyl (C=O) groups excluding carboxylic acids is 1. The van der Waals surface area contributed by atoms with E-state index in [2.05, 4.69) is 21.2 Å².